The fourth-order valence-electron chi connectivity index (χ4n) is 2.91. The van der Waals surface area contributed by atoms with Gasteiger partial charge in [-0.1, -0.05) is 18.2 Å². The Balaban J connectivity index is 1.70. The number of aliphatic hydroxyl groups is 1. The lowest BCUT2D eigenvalue weighted by Crippen LogP contribution is -2.36. The van der Waals surface area contributed by atoms with Crippen molar-refractivity contribution >= 4 is 21.4 Å². The summed E-state index contributed by atoms with van der Waals surface area (Å²) in [5, 5.41) is 14.3. The van der Waals surface area contributed by atoms with Crippen LogP contribution in [-0.4, -0.2) is 17.8 Å². The Morgan fingerprint density at radius 3 is 2.79 bits per heavy atom. The third-order valence-electron chi connectivity index (χ3n) is 4.20. The van der Waals surface area contributed by atoms with Crippen molar-refractivity contribution in [3.63, 3.8) is 0 Å². The van der Waals surface area contributed by atoms with Crippen LogP contribution in [-0.2, 0) is 0 Å². The van der Waals surface area contributed by atoms with Gasteiger partial charge in [0.15, 0.2) is 0 Å². The molecule has 0 aliphatic heterocycles. The number of nitrogens with one attached hydrogen (secondary N) is 1. The van der Waals surface area contributed by atoms with Gasteiger partial charge in [-0.2, -0.15) is 0 Å². The summed E-state index contributed by atoms with van der Waals surface area (Å²) in [5.74, 6) is 0.659. The molecular weight excluding hydrogens is 254 g/mol. The Bertz CT molecular complexity index is 571. The highest BCUT2D eigenvalue weighted by Gasteiger charge is 2.27. The summed E-state index contributed by atoms with van der Waals surface area (Å²) < 4.78 is 1.38. The van der Waals surface area contributed by atoms with Crippen LogP contribution < -0.4 is 5.32 Å². The van der Waals surface area contributed by atoms with Gasteiger partial charge in [0.2, 0.25) is 0 Å². The van der Waals surface area contributed by atoms with E-state index in [1.54, 1.807) is 0 Å². The Morgan fingerprint density at radius 1 is 1.37 bits per heavy atom. The van der Waals surface area contributed by atoms with Crippen LogP contribution in [0.15, 0.2) is 24.3 Å². The minimum Gasteiger partial charge on any atom is -0.393 e. The molecule has 2 N–H and O–H groups in total. The largest absolute Gasteiger partial charge is 0.393 e. The Kier molecular flexibility index (Phi) is 3.61. The third kappa shape index (κ3) is 2.55. The molecule has 0 saturated heterocycles. The first kappa shape index (κ1) is 13.1. The van der Waals surface area contributed by atoms with Crippen LogP contribution in [0.1, 0.15) is 36.2 Å². The van der Waals surface area contributed by atoms with Gasteiger partial charge in [-0.05, 0) is 56.2 Å². The van der Waals surface area contributed by atoms with Crippen molar-refractivity contribution < 1.29 is 5.11 Å². The van der Waals surface area contributed by atoms with Crippen molar-refractivity contribution in [2.24, 2.45) is 5.92 Å². The van der Waals surface area contributed by atoms with E-state index in [9.17, 15) is 5.11 Å². The molecule has 0 radical (unpaired) electrons. The van der Waals surface area contributed by atoms with E-state index in [1.165, 1.54) is 20.5 Å². The first-order valence-electron chi connectivity index (χ1n) is 7.04. The fourth-order valence-corrected chi connectivity index (χ4v) is 4.15. The van der Waals surface area contributed by atoms with Gasteiger partial charge in [0.25, 0.3) is 0 Å². The molecule has 2 aromatic rings. The number of fused-ring (bicyclic) bond motifs is 1. The molecule has 2 nitrogen and oxygen atoms in total. The summed E-state index contributed by atoms with van der Waals surface area (Å²) in [7, 11) is 0. The number of thiophene rings is 1. The molecule has 1 heterocycles. The lowest BCUT2D eigenvalue weighted by atomic mass is 9.82. The monoisotopic (exact) mass is 275 g/mol. The van der Waals surface area contributed by atoms with Crippen molar-refractivity contribution in [2.45, 2.75) is 38.8 Å². The summed E-state index contributed by atoms with van der Waals surface area (Å²) >= 11 is 1.90. The minimum absolute atomic E-state index is 0.0480. The van der Waals surface area contributed by atoms with E-state index in [0.717, 1.165) is 19.4 Å². The molecule has 1 aliphatic carbocycles. The average Bonchev–Trinajstić information content (AvgIpc) is 2.71. The van der Waals surface area contributed by atoms with Crippen LogP contribution in [0.4, 0.5) is 0 Å². The van der Waals surface area contributed by atoms with Crippen molar-refractivity contribution in [1.82, 2.24) is 5.32 Å². The molecule has 0 spiro atoms. The second-order valence-corrected chi connectivity index (χ2v) is 6.79. The maximum atomic E-state index is 9.31. The van der Waals surface area contributed by atoms with Crippen LogP contribution in [0.5, 0.6) is 0 Å². The zero-order valence-corrected chi connectivity index (χ0v) is 12.3. The number of benzene rings is 1. The van der Waals surface area contributed by atoms with Crippen molar-refractivity contribution in [3.05, 3.63) is 34.7 Å². The molecule has 1 aromatic heterocycles. The maximum Gasteiger partial charge on any atom is 0.0546 e. The van der Waals surface area contributed by atoms with Gasteiger partial charge in [0, 0.05) is 15.6 Å². The topological polar surface area (TPSA) is 32.3 Å². The van der Waals surface area contributed by atoms with Crippen molar-refractivity contribution in [1.29, 1.82) is 0 Å². The quantitative estimate of drug-likeness (QED) is 0.893. The highest BCUT2D eigenvalue weighted by molar-refractivity contribution is 7.19. The molecular formula is C16H21NOS. The first-order valence-corrected chi connectivity index (χ1v) is 7.86. The molecule has 102 valence electrons. The highest BCUT2D eigenvalue weighted by atomic mass is 32.1. The molecule has 1 aliphatic rings. The Morgan fingerprint density at radius 2 is 2.11 bits per heavy atom. The molecule has 1 saturated carbocycles. The maximum absolute atomic E-state index is 9.31. The number of hydrogen-bond donors (Lipinski definition) is 2. The van der Waals surface area contributed by atoms with E-state index < -0.39 is 0 Å². The lowest BCUT2D eigenvalue weighted by Gasteiger charge is -2.32. The second kappa shape index (κ2) is 5.23. The minimum atomic E-state index is -0.0480. The first-order chi connectivity index (χ1) is 9.15. The third-order valence-corrected chi connectivity index (χ3v) is 5.65. The summed E-state index contributed by atoms with van der Waals surface area (Å²) in [6.45, 7) is 5.48. The predicted molar refractivity (Wildman–Crippen MR) is 81.7 cm³/mol. The van der Waals surface area contributed by atoms with E-state index in [-0.39, 0.29) is 6.10 Å². The van der Waals surface area contributed by atoms with Crippen LogP contribution in [0.2, 0.25) is 0 Å². The molecule has 0 amide bonds. The molecule has 3 heteroatoms. The summed E-state index contributed by atoms with van der Waals surface area (Å²) in [6.07, 6.45) is 1.88. The SMILES string of the molecule is Cc1c(C(C)NCC2CC(O)C2)sc2ccccc12. The summed E-state index contributed by atoms with van der Waals surface area (Å²) in [6, 6.07) is 9.02. The molecule has 19 heavy (non-hydrogen) atoms. The second-order valence-electron chi connectivity index (χ2n) is 5.71. The average molecular weight is 275 g/mol. The van der Waals surface area contributed by atoms with Gasteiger partial charge in [0.1, 0.15) is 0 Å². The van der Waals surface area contributed by atoms with Gasteiger partial charge in [0.05, 0.1) is 6.10 Å². The van der Waals surface area contributed by atoms with Crippen molar-refractivity contribution in [3.8, 4) is 0 Å². The van der Waals surface area contributed by atoms with E-state index >= 15 is 0 Å². The van der Waals surface area contributed by atoms with Gasteiger partial charge in [-0.15, -0.1) is 11.3 Å². The summed E-state index contributed by atoms with van der Waals surface area (Å²) in [5.41, 5.74) is 1.41. The highest BCUT2D eigenvalue weighted by Crippen LogP contribution is 2.35. The van der Waals surface area contributed by atoms with Crippen LogP contribution in [0, 0.1) is 12.8 Å². The van der Waals surface area contributed by atoms with Gasteiger partial charge < -0.3 is 10.4 Å². The number of aryl methyl sites for hydroxylation is 1. The Hall–Kier alpha value is -0.900. The standard InChI is InChI=1S/C16H21NOS/c1-10-14-5-3-4-6-15(14)19-16(10)11(2)17-9-12-7-13(18)8-12/h3-6,11-13,17-18H,7-9H2,1-2H3. The van der Waals surface area contributed by atoms with Crippen LogP contribution >= 0.6 is 11.3 Å². The Labute approximate surface area is 118 Å². The smallest absolute Gasteiger partial charge is 0.0546 e. The molecule has 1 atom stereocenters. The van der Waals surface area contributed by atoms with Crippen LogP contribution in [0.3, 0.4) is 0 Å². The molecule has 3 rings (SSSR count). The van der Waals surface area contributed by atoms with Crippen LogP contribution in [0.25, 0.3) is 10.1 Å². The summed E-state index contributed by atoms with van der Waals surface area (Å²) in [4.78, 5) is 1.45. The predicted octanol–water partition coefficient (Wildman–Crippen LogP) is 3.63. The zero-order valence-electron chi connectivity index (χ0n) is 11.5. The normalized spacial score (nSPS) is 24.4. The number of hydrogen-bond acceptors (Lipinski definition) is 3. The number of aliphatic hydroxyl groups excluding tert-OH is 1. The van der Waals surface area contributed by atoms with E-state index in [1.807, 2.05) is 11.3 Å². The van der Waals surface area contributed by atoms with E-state index in [0.29, 0.717) is 12.0 Å². The molecule has 1 aromatic carbocycles. The van der Waals surface area contributed by atoms with Gasteiger partial charge in [-0.25, -0.2) is 0 Å². The molecule has 1 fully saturated rings. The number of rotatable bonds is 4. The zero-order chi connectivity index (χ0) is 13.4. The van der Waals surface area contributed by atoms with E-state index in [4.69, 9.17) is 0 Å². The van der Waals surface area contributed by atoms with Crippen molar-refractivity contribution in [2.75, 3.05) is 6.54 Å². The lowest BCUT2D eigenvalue weighted by molar-refractivity contribution is 0.0421. The van der Waals surface area contributed by atoms with Gasteiger partial charge in [-0.3, -0.25) is 0 Å². The fraction of sp³-hybridized carbons (Fsp3) is 0.500. The van der Waals surface area contributed by atoms with E-state index in [2.05, 4.69) is 43.4 Å². The van der Waals surface area contributed by atoms with Gasteiger partial charge >= 0.3 is 0 Å². The molecule has 0 bridgehead atoms. The molecule has 1 unspecified atom stereocenters.